The Labute approximate surface area is 73.3 Å². The summed E-state index contributed by atoms with van der Waals surface area (Å²) < 4.78 is 12.7. The number of hydrogen-bond donors (Lipinski definition) is 1. The molecule has 0 aromatic rings. The van der Waals surface area contributed by atoms with Crippen LogP contribution in [0.4, 0.5) is 4.39 Å². The molecule has 0 N–H and O–H groups in total. The second-order valence-corrected chi connectivity index (χ2v) is 5.65. The monoisotopic (exact) mass is 199 g/mol. The molecule has 0 spiro atoms. The summed E-state index contributed by atoms with van der Waals surface area (Å²) in [4.78, 5) is 2.03. The van der Waals surface area contributed by atoms with E-state index in [9.17, 15) is 4.39 Å². The number of thiol groups is 1. The summed E-state index contributed by atoms with van der Waals surface area (Å²) in [7, 11) is 4.97. The van der Waals surface area contributed by atoms with Gasteiger partial charge < -0.3 is 0 Å². The summed E-state index contributed by atoms with van der Waals surface area (Å²) in [5.41, 5.74) is 0. The molecule has 0 bridgehead atoms. The molecular weight excluding hydrogens is 189 g/mol. The van der Waals surface area contributed by atoms with Gasteiger partial charge in [-0.25, -0.2) is 4.39 Å². The first kappa shape index (κ1) is 9.03. The number of nitrogens with zero attached hydrogens (tertiary/aromatic N) is 1. The van der Waals surface area contributed by atoms with Gasteiger partial charge >= 0.3 is 0 Å². The maximum Gasteiger partial charge on any atom is 0.115 e. The van der Waals surface area contributed by atoms with Crippen LogP contribution in [0.2, 0.25) is 0 Å². The molecule has 2 atom stereocenters. The van der Waals surface area contributed by atoms with E-state index in [1.54, 1.807) is 10.8 Å². The molecule has 1 aliphatic rings. The third-order valence-electron chi connectivity index (χ3n) is 1.59. The summed E-state index contributed by atoms with van der Waals surface area (Å²) in [6.45, 7) is 0.575. The van der Waals surface area contributed by atoms with Crippen LogP contribution < -0.4 is 0 Å². The van der Waals surface area contributed by atoms with Gasteiger partial charge in [-0.15, -0.1) is 0 Å². The standard InChI is InChI=1S/C5H10FNS3/c1-7-3-4(6)2-5(7)9-10-8/h4-5,8H,2-3H2,1H3. The summed E-state index contributed by atoms with van der Waals surface area (Å²) in [5, 5.41) is 0.317. The zero-order chi connectivity index (χ0) is 7.56. The average molecular weight is 199 g/mol. The fourth-order valence-corrected chi connectivity index (χ4v) is 3.55. The Morgan fingerprint density at radius 3 is 2.80 bits per heavy atom. The lowest BCUT2D eigenvalue weighted by Crippen LogP contribution is -2.21. The molecular formula is C5H10FNS3. The summed E-state index contributed by atoms with van der Waals surface area (Å²) in [6.07, 6.45) is 0.0114. The molecule has 5 heteroatoms. The van der Waals surface area contributed by atoms with Gasteiger partial charge in [0.1, 0.15) is 6.17 Å². The van der Waals surface area contributed by atoms with Crippen molar-refractivity contribution in [1.82, 2.24) is 4.90 Å². The molecule has 1 aliphatic heterocycles. The summed E-state index contributed by atoms with van der Waals surface area (Å²) in [5.74, 6) is 0. The molecule has 1 heterocycles. The number of hydrogen-bond acceptors (Lipinski definition) is 4. The number of alkyl halides is 1. The van der Waals surface area contributed by atoms with Gasteiger partial charge in [0.25, 0.3) is 0 Å². The van der Waals surface area contributed by atoms with E-state index in [1.165, 1.54) is 9.83 Å². The van der Waals surface area contributed by atoms with Crippen molar-refractivity contribution in [3.05, 3.63) is 0 Å². The molecule has 60 valence electrons. The van der Waals surface area contributed by atoms with E-state index in [4.69, 9.17) is 0 Å². The first-order chi connectivity index (χ1) is 4.74. The van der Waals surface area contributed by atoms with Crippen LogP contribution >= 0.6 is 32.3 Å². The molecule has 1 rings (SSSR count). The molecule has 1 saturated heterocycles. The van der Waals surface area contributed by atoms with Gasteiger partial charge in [-0.3, -0.25) is 4.90 Å². The van der Waals surface area contributed by atoms with Crippen LogP contribution in [0.1, 0.15) is 6.42 Å². The van der Waals surface area contributed by atoms with E-state index in [2.05, 4.69) is 11.7 Å². The fourth-order valence-electron chi connectivity index (χ4n) is 1.07. The summed E-state index contributed by atoms with van der Waals surface area (Å²) >= 11 is 4.00. The minimum atomic E-state index is -0.636. The minimum absolute atomic E-state index is 0.317. The Bertz CT molecular complexity index is 113. The lowest BCUT2D eigenvalue weighted by molar-refractivity contribution is 0.318. The van der Waals surface area contributed by atoms with Crippen LogP contribution in [0.25, 0.3) is 0 Å². The van der Waals surface area contributed by atoms with Gasteiger partial charge in [0, 0.05) is 13.0 Å². The average Bonchev–Trinajstić information content (AvgIpc) is 2.13. The third-order valence-corrected chi connectivity index (χ3v) is 4.15. The van der Waals surface area contributed by atoms with Crippen molar-refractivity contribution in [3.63, 3.8) is 0 Å². The van der Waals surface area contributed by atoms with Crippen molar-refractivity contribution in [2.24, 2.45) is 0 Å². The van der Waals surface area contributed by atoms with Crippen LogP contribution in [0, 0.1) is 0 Å². The van der Waals surface area contributed by atoms with Crippen molar-refractivity contribution < 1.29 is 4.39 Å². The van der Waals surface area contributed by atoms with Crippen LogP contribution in [0.15, 0.2) is 0 Å². The molecule has 0 amide bonds. The predicted molar refractivity (Wildman–Crippen MR) is 50.1 cm³/mol. The second-order valence-electron chi connectivity index (χ2n) is 2.40. The number of likely N-dealkylation sites (tertiary alicyclic amines) is 1. The third kappa shape index (κ3) is 2.22. The Balaban J connectivity index is 2.31. The van der Waals surface area contributed by atoms with Crippen LogP contribution in [0.3, 0.4) is 0 Å². The van der Waals surface area contributed by atoms with Crippen molar-refractivity contribution in [2.75, 3.05) is 13.6 Å². The minimum Gasteiger partial charge on any atom is -0.291 e. The molecule has 0 aromatic heterocycles. The smallest absolute Gasteiger partial charge is 0.115 e. The number of rotatable bonds is 2. The molecule has 2 unspecified atom stereocenters. The Morgan fingerprint density at radius 1 is 1.70 bits per heavy atom. The SMILES string of the molecule is CN1CC(F)CC1SSS. The molecule has 0 radical (unpaired) electrons. The van der Waals surface area contributed by atoms with Gasteiger partial charge in [0.2, 0.25) is 0 Å². The second kappa shape index (κ2) is 4.09. The maximum atomic E-state index is 12.7. The lowest BCUT2D eigenvalue weighted by Gasteiger charge is -2.15. The first-order valence-corrected chi connectivity index (χ1v) is 6.31. The van der Waals surface area contributed by atoms with E-state index >= 15 is 0 Å². The largest absolute Gasteiger partial charge is 0.291 e. The van der Waals surface area contributed by atoms with E-state index < -0.39 is 6.17 Å². The maximum absolute atomic E-state index is 12.7. The van der Waals surface area contributed by atoms with Gasteiger partial charge in [-0.05, 0) is 16.9 Å². The van der Waals surface area contributed by atoms with Crippen molar-refractivity contribution >= 4 is 32.3 Å². The highest BCUT2D eigenvalue weighted by molar-refractivity contribution is 9.05. The molecule has 0 saturated carbocycles. The quantitative estimate of drug-likeness (QED) is 0.537. The van der Waals surface area contributed by atoms with Crippen molar-refractivity contribution in [1.29, 1.82) is 0 Å². The van der Waals surface area contributed by atoms with Crippen LogP contribution in [-0.4, -0.2) is 30.0 Å². The first-order valence-electron chi connectivity index (χ1n) is 3.05. The summed E-state index contributed by atoms with van der Waals surface area (Å²) in [6, 6.07) is 0. The topological polar surface area (TPSA) is 3.24 Å². The fraction of sp³-hybridized carbons (Fsp3) is 1.00. The molecule has 1 nitrogen and oxygen atoms in total. The van der Waals surface area contributed by atoms with Crippen LogP contribution in [0.5, 0.6) is 0 Å². The van der Waals surface area contributed by atoms with Crippen LogP contribution in [-0.2, 0) is 0 Å². The Morgan fingerprint density at radius 2 is 2.40 bits per heavy atom. The predicted octanol–water partition coefficient (Wildman–Crippen LogP) is 2.21. The highest BCUT2D eigenvalue weighted by Gasteiger charge is 2.29. The lowest BCUT2D eigenvalue weighted by atomic mass is 10.3. The highest BCUT2D eigenvalue weighted by atomic mass is 33.5. The van der Waals surface area contributed by atoms with Gasteiger partial charge in [0.15, 0.2) is 0 Å². The molecule has 0 aromatic carbocycles. The van der Waals surface area contributed by atoms with E-state index in [1.807, 2.05) is 11.9 Å². The molecule has 1 fully saturated rings. The van der Waals surface area contributed by atoms with E-state index in [-0.39, 0.29) is 0 Å². The van der Waals surface area contributed by atoms with Gasteiger partial charge in [0.05, 0.1) is 5.37 Å². The normalized spacial score (nSPS) is 35.1. The number of halogens is 1. The Kier molecular flexibility index (Phi) is 3.69. The Hall–Kier alpha value is 0.940. The van der Waals surface area contributed by atoms with Crippen molar-refractivity contribution in [2.45, 2.75) is 18.0 Å². The molecule has 0 aliphatic carbocycles. The van der Waals surface area contributed by atoms with Crippen molar-refractivity contribution in [3.8, 4) is 0 Å². The highest BCUT2D eigenvalue weighted by Crippen LogP contribution is 2.37. The molecule has 10 heavy (non-hydrogen) atoms. The zero-order valence-electron chi connectivity index (χ0n) is 5.66. The van der Waals surface area contributed by atoms with E-state index in [0.717, 1.165) is 0 Å². The van der Waals surface area contributed by atoms with Gasteiger partial charge in [-0.2, -0.15) is 0 Å². The zero-order valence-corrected chi connectivity index (χ0v) is 8.19. The van der Waals surface area contributed by atoms with Gasteiger partial charge in [-0.1, -0.05) is 22.5 Å². The van der Waals surface area contributed by atoms with E-state index in [0.29, 0.717) is 18.3 Å².